The van der Waals surface area contributed by atoms with Gasteiger partial charge in [-0.1, -0.05) is 54.6 Å². The van der Waals surface area contributed by atoms with Gasteiger partial charge in [0.25, 0.3) is 0 Å². The number of hydrogen-bond donors (Lipinski definition) is 2. The Bertz CT molecular complexity index is 696. The average Bonchev–Trinajstić information content (AvgIpc) is 2.70. The summed E-state index contributed by atoms with van der Waals surface area (Å²) in [5.41, 5.74) is 2.50. The SMILES string of the molecule is CN(C)c1ccccc1.CN(C)c1ccccc1.OB(O)Oc1ccccc1. The molecule has 0 radical (unpaired) electrons. The molecule has 0 unspecified atom stereocenters. The van der Waals surface area contributed by atoms with E-state index in [1.54, 1.807) is 24.3 Å². The van der Waals surface area contributed by atoms with Crippen molar-refractivity contribution in [3.05, 3.63) is 91.0 Å². The van der Waals surface area contributed by atoms with Crippen molar-refractivity contribution in [2.75, 3.05) is 38.0 Å². The first kappa shape index (κ1) is 23.1. The summed E-state index contributed by atoms with van der Waals surface area (Å²) in [4.78, 5) is 4.17. The molecule has 6 heteroatoms. The molecule has 0 aromatic heterocycles. The van der Waals surface area contributed by atoms with Gasteiger partial charge >= 0.3 is 7.32 Å². The Morgan fingerprint density at radius 2 is 0.893 bits per heavy atom. The Hall–Kier alpha value is -2.96. The standard InChI is InChI=1S/2C8H11N.C6H7BO3/c2*1-9(2)8-6-4-3-5-7-8;8-7(9)10-6-4-2-1-3-5-6/h2*3-7H,1-2H3;1-5,8-9H. The molecule has 0 atom stereocenters. The first-order valence-corrected chi connectivity index (χ1v) is 8.92. The lowest BCUT2D eigenvalue weighted by atomic mass is 10.2. The smallest absolute Gasteiger partial charge is 0.512 e. The van der Waals surface area contributed by atoms with Crippen molar-refractivity contribution < 1.29 is 14.7 Å². The number of hydrogen-bond acceptors (Lipinski definition) is 5. The molecule has 2 N–H and O–H groups in total. The zero-order valence-electron chi connectivity index (χ0n) is 16.9. The predicted octanol–water partition coefficient (Wildman–Crippen LogP) is 3.54. The van der Waals surface area contributed by atoms with Crippen molar-refractivity contribution in [2.24, 2.45) is 0 Å². The molecule has 0 spiro atoms. The Balaban J connectivity index is 0.000000210. The third-order valence-electron chi connectivity index (χ3n) is 3.53. The van der Waals surface area contributed by atoms with E-state index in [-0.39, 0.29) is 0 Å². The molecule has 0 amide bonds. The van der Waals surface area contributed by atoms with Crippen molar-refractivity contribution in [1.82, 2.24) is 0 Å². The maximum Gasteiger partial charge on any atom is 0.707 e. The number of rotatable bonds is 4. The van der Waals surface area contributed by atoms with Crippen molar-refractivity contribution in [1.29, 1.82) is 0 Å². The highest BCUT2D eigenvalue weighted by molar-refractivity contribution is 6.33. The second-order valence-corrected chi connectivity index (χ2v) is 6.22. The number of nitrogens with zero attached hydrogens (tertiary/aromatic N) is 2. The topological polar surface area (TPSA) is 56.2 Å². The van der Waals surface area contributed by atoms with Crippen molar-refractivity contribution in [2.45, 2.75) is 0 Å². The zero-order valence-corrected chi connectivity index (χ0v) is 16.9. The summed E-state index contributed by atoms with van der Waals surface area (Å²) in [6, 6.07) is 29.1. The van der Waals surface area contributed by atoms with Crippen molar-refractivity contribution >= 4 is 18.7 Å². The van der Waals surface area contributed by atoms with Gasteiger partial charge in [0.15, 0.2) is 0 Å². The normalized spacial score (nSPS) is 9.07. The molecule has 3 aromatic carbocycles. The van der Waals surface area contributed by atoms with Gasteiger partial charge in [-0.15, -0.1) is 0 Å². The van der Waals surface area contributed by atoms with Crippen LogP contribution in [0.4, 0.5) is 11.4 Å². The Kier molecular flexibility index (Phi) is 10.9. The summed E-state index contributed by atoms with van der Waals surface area (Å²) in [5, 5.41) is 16.7. The maximum atomic E-state index is 8.34. The highest BCUT2D eigenvalue weighted by atomic mass is 16.6. The lowest BCUT2D eigenvalue weighted by Gasteiger charge is -2.10. The summed E-state index contributed by atoms with van der Waals surface area (Å²) in [6.45, 7) is 0. The molecule has 0 heterocycles. The highest BCUT2D eigenvalue weighted by Gasteiger charge is 2.09. The first-order chi connectivity index (χ1) is 13.4. The van der Waals surface area contributed by atoms with Crippen LogP contribution in [0.15, 0.2) is 91.0 Å². The van der Waals surface area contributed by atoms with Gasteiger partial charge in [-0.05, 0) is 36.4 Å². The van der Waals surface area contributed by atoms with E-state index in [1.807, 2.05) is 70.7 Å². The number of benzene rings is 3. The van der Waals surface area contributed by atoms with Gasteiger partial charge in [0.2, 0.25) is 0 Å². The molecule has 0 saturated carbocycles. The lowest BCUT2D eigenvalue weighted by molar-refractivity contribution is 0.288. The van der Waals surface area contributed by atoms with Crippen molar-refractivity contribution in [3.8, 4) is 5.75 Å². The maximum absolute atomic E-state index is 8.34. The van der Waals surface area contributed by atoms with E-state index in [1.165, 1.54) is 11.4 Å². The minimum atomic E-state index is -1.73. The fourth-order valence-corrected chi connectivity index (χ4v) is 2.07. The monoisotopic (exact) mass is 380 g/mol. The molecular formula is C22H29BN2O3. The molecular weight excluding hydrogens is 351 g/mol. The van der Waals surface area contributed by atoms with Crippen LogP contribution in [-0.4, -0.2) is 45.6 Å². The second kappa shape index (κ2) is 13.2. The van der Waals surface area contributed by atoms with E-state index in [4.69, 9.17) is 10.0 Å². The summed E-state index contributed by atoms with van der Waals surface area (Å²) in [5.74, 6) is 0.442. The minimum absolute atomic E-state index is 0.442. The van der Waals surface area contributed by atoms with Crippen LogP contribution in [0, 0.1) is 0 Å². The Labute approximate surface area is 168 Å². The molecule has 148 valence electrons. The average molecular weight is 380 g/mol. The molecule has 5 nitrogen and oxygen atoms in total. The second-order valence-electron chi connectivity index (χ2n) is 6.22. The quantitative estimate of drug-likeness (QED) is 0.678. The molecule has 3 aromatic rings. The molecule has 28 heavy (non-hydrogen) atoms. The van der Waals surface area contributed by atoms with Crippen LogP contribution in [-0.2, 0) is 0 Å². The molecule has 3 rings (SSSR count). The van der Waals surface area contributed by atoms with E-state index in [0.29, 0.717) is 5.75 Å². The Morgan fingerprint density at radius 3 is 1.14 bits per heavy atom. The van der Waals surface area contributed by atoms with E-state index in [2.05, 4.69) is 38.7 Å². The van der Waals surface area contributed by atoms with E-state index in [0.717, 1.165) is 0 Å². The van der Waals surface area contributed by atoms with Crippen LogP contribution in [0.5, 0.6) is 5.75 Å². The van der Waals surface area contributed by atoms with Gasteiger partial charge in [-0.3, -0.25) is 0 Å². The Morgan fingerprint density at radius 1 is 0.571 bits per heavy atom. The number of anilines is 2. The minimum Gasteiger partial charge on any atom is -0.512 e. The first-order valence-electron chi connectivity index (χ1n) is 8.92. The van der Waals surface area contributed by atoms with Crippen LogP contribution >= 0.6 is 0 Å². The van der Waals surface area contributed by atoms with Crippen LogP contribution < -0.4 is 14.5 Å². The van der Waals surface area contributed by atoms with Gasteiger partial charge < -0.3 is 24.5 Å². The predicted molar refractivity (Wildman–Crippen MR) is 119 cm³/mol. The molecule has 0 aliphatic rings. The van der Waals surface area contributed by atoms with Gasteiger partial charge in [0.05, 0.1) is 0 Å². The van der Waals surface area contributed by atoms with Crippen LogP contribution in [0.3, 0.4) is 0 Å². The van der Waals surface area contributed by atoms with Crippen LogP contribution in [0.1, 0.15) is 0 Å². The summed E-state index contributed by atoms with van der Waals surface area (Å²) < 4.78 is 4.53. The molecule has 0 aliphatic heterocycles. The zero-order chi connectivity index (χ0) is 20.8. The molecule has 0 bridgehead atoms. The lowest BCUT2D eigenvalue weighted by Crippen LogP contribution is -2.20. The highest BCUT2D eigenvalue weighted by Crippen LogP contribution is 2.08. The molecule has 0 aliphatic carbocycles. The fraction of sp³-hybridized carbons (Fsp3) is 0.182. The number of para-hydroxylation sites is 3. The van der Waals surface area contributed by atoms with Crippen molar-refractivity contribution in [3.63, 3.8) is 0 Å². The van der Waals surface area contributed by atoms with Gasteiger partial charge in [-0.2, -0.15) is 0 Å². The van der Waals surface area contributed by atoms with Crippen LogP contribution in [0.25, 0.3) is 0 Å². The third-order valence-corrected chi connectivity index (χ3v) is 3.53. The van der Waals surface area contributed by atoms with Gasteiger partial charge in [0.1, 0.15) is 5.75 Å². The van der Waals surface area contributed by atoms with Gasteiger partial charge in [0, 0.05) is 39.6 Å². The molecule has 0 saturated heterocycles. The fourth-order valence-electron chi connectivity index (χ4n) is 2.07. The van der Waals surface area contributed by atoms with E-state index >= 15 is 0 Å². The van der Waals surface area contributed by atoms with E-state index in [9.17, 15) is 0 Å². The van der Waals surface area contributed by atoms with E-state index < -0.39 is 7.32 Å². The van der Waals surface area contributed by atoms with Gasteiger partial charge in [-0.25, -0.2) is 0 Å². The summed E-state index contributed by atoms with van der Waals surface area (Å²) in [7, 11) is 6.41. The summed E-state index contributed by atoms with van der Waals surface area (Å²) in [6.07, 6.45) is 0. The summed E-state index contributed by atoms with van der Waals surface area (Å²) >= 11 is 0. The molecule has 0 fully saturated rings. The largest absolute Gasteiger partial charge is 0.707 e. The third kappa shape index (κ3) is 10.3. The van der Waals surface area contributed by atoms with Crippen LogP contribution in [0.2, 0.25) is 0 Å².